The zero-order chi connectivity index (χ0) is 14.0. The number of nitrogens with zero attached hydrogens (tertiary/aromatic N) is 2. The zero-order valence-corrected chi connectivity index (χ0v) is 11.7. The van der Waals surface area contributed by atoms with Crippen LogP contribution < -0.4 is 10.6 Å². The number of piperidine rings is 1. The van der Waals surface area contributed by atoms with Crippen molar-refractivity contribution in [3.05, 3.63) is 17.8 Å². The van der Waals surface area contributed by atoms with Crippen molar-refractivity contribution in [1.29, 1.82) is 0 Å². The third kappa shape index (κ3) is 2.80. The third-order valence-corrected chi connectivity index (χ3v) is 3.71. The molecule has 0 saturated carbocycles. The highest BCUT2D eigenvalue weighted by Crippen LogP contribution is 2.30. The van der Waals surface area contributed by atoms with Crippen LogP contribution in [0.1, 0.15) is 37.2 Å². The first-order valence-corrected chi connectivity index (χ1v) is 6.64. The standard InChI is InChI=1S/C14H21N3O2/c1-9-6-7-17(10(2)8-9)13-11(15)4-5-12(16-13)14(18)19-3/h4-5,9-10H,6-8,15H2,1-3H3. The quantitative estimate of drug-likeness (QED) is 0.827. The summed E-state index contributed by atoms with van der Waals surface area (Å²) >= 11 is 0. The van der Waals surface area contributed by atoms with E-state index in [2.05, 4.69) is 23.7 Å². The number of rotatable bonds is 2. The molecule has 104 valence electrons. The van der Waals surface area contributed by atoms with E-state index in [1.807, 2.05) is 0 Å². The van der Waals surface area contributed by atoms with Crippen LogP contribution >= 0.6 is 0 Å². The maximum absolute atomic E-state index is 11.5. The summed E-state index contributed by atoms with van der Waals surface area (Å²) in [5.41, 5.74) is 6.91. The first-order valence-electron chi connectivity index (χ1n) is 6.64. The van der Waals surface area contributed by atoms with Gasteiger partial charge in [-0.25, -0.2) is 9.78 Å². The number of esters is 1. The Bertz CT molecular complexity index is 476. The van der Waals surface area contributed by atoms with Crippen LogP contribution in [0.5, 0.6) is 0 Å². The molecule has 0 spiro atoms. The van der Waals surface area contributed by atoms with Gasteiger partial charge in [-0.05, 0) is 37.8 Å². The van der Waals surface area contributed by atoms with Gasteiger partial charge in [-0.3, -0.25) is 0 Å². The van der Waals surface area contributed by atoms with Crippen molar-refractivity contribution in [3.8, 4) is 0 Å². The number of anilines is 2. The summed E-state index contributed by atoms with van der Waals surface area (Å²) in [5, 5.41) is 0. The number of aromatic nitrogens is 1. The van der Waals surface area contributed by atoms with Crippen LogP contribution in [0, 0.1) is 5.92 Å². The normalized spacial score (nSPS) is 23.2. The smallest absolute Gasteiger partial charge is 0.356 e. The van der Waals surface area contributed by atoms with Crippen LogP contribution in [0.3, 0.4) is 0 Å². The van der Waals surface area contributed by atoms with Gasteiger partial charge in [0, 0.05) is 12.6 Å². The number of hydrogen-bond acceptors (Lipinski definition) is 5. The van der Waals surface area contributed by atoms with Crippen molar-refractivity contribution in [2.24, 2.45) is 5.92 Å². The van der Waals surface area contributed by atoms with Crippen molar-refractivity contribution >= 4 is 17.5 Å². The Morgan fingerprint density at radius 1 is 1.47 bits per heavy atom. The minimum atomic E-state index is -0.431. The van der Waals surface area contributed by atoms with E-state index in [-0.39, 0.29) is 0 Å². The van der Waals surface area contributed by atoms with E-state index in [4.69, 9.17) is 10.5 Å². The molecule has 1 aliphatic rings. The Morgan fingerprint density at radius 2 is 2.21 bits per heavy atom. The summed E-state index contributed by atoms with van der Waals surface area (Å²) < 4.78 is 4.70. The lowest BCUT2D eigenvalue weighted by Crippen LogP contribution is -2.41. The number of hydrogen-bond donors (Lipinski definition) is 1. The summed E-state index contributed by atoms with van der Waals surface area (Å²) in [4.78, 5) is 18.1. The van der Waals surface area contributed by atoms with E-state index in [1.54, 1.807) is 12.1 Å². The zero-order valence-electron chi connectivity index (χ0n) is 11.7. The van der Waals surface area contributed by atoms with Crippen LogP contribution in [-0.2, 0) is 4.74 Å². The fourth-order valence-electron chi connectivity index (χ4n) is 2.63. The molecular formula is C14H21N3O2. The van der Waals surface area contributed by atoms with Crippen molar-refractivity contribution in [2.45, 2.75) is 32.7 Å². The molecule has 2 heterocycles. The summed E-state index contributed by atoms with van der Waals surface area (Å²) in [7, 11) is 1.35. The Balaban J connectivity index is 2.30. The molecule has 1 saturated heterocycles. The van der Waals surface area contributed by atoms with Gasteiger partial charge >= 0.3 is 5.97 Å². The number of nitrogens with two attached hydrogens (primary N) is 1. The molecule has 19 heavy (non-hydrogen) atoms. The molecule has 0 amide bonds. The molecule has 5 nitrogen and oxygen atoms in total. The van der Waals surface area contributed by atoms with E-state index in [1.165, 1.54) is 7.11 Å². The average Bonchev–Trinajstić information content (AvgIpc) is 2.39. The molecule has 0 radical (unpaired) electrons. The largest absolute Gasteiger partial charge is 0.464 e. The predicted octanol–water partition coefficient (Wildman–Crippen LogP) is 2.08. The van der Waals surface area contributed by atoms with Gasteiger partial charge < -0.3 is 15.4 Å². The lowest BCUT2D eigenvalue weighted by atomic mass is 9.93. The summed E-state index contributed by atoms with van der Waals surface area (Å²) in [6.07, 6.45) is 2.23. The fraction of sp³-hybridized carbons (Fsp3) is 0.571. The van der Waals surface area contributed by atoms with E-state index in [0.29, 0.717) is 23.2 Å². The molecular weight excluding hydrogens is 242 g/mol. The maximum Gasteiger partial charge on any atom is 0.356 e. The number of pyridine rings is 1. The van der Waals surface area contributed by atoms with Crippen LogP contribution in [-0.4, -0.2) is 30.6 Å². The second-order valence-electron chi connectivity index (χ2n) is 5.27. The molecule has 1 aromatic heterocycles. The summed E-state index contributed by atoms with van der Waals surface area (Å²) in [6, 6.07) is 3.70. The van der Waals surface area contributed by atoms with Crippen molar-refractivity contribution in [3.63, 3.8) is 0 Å². The van der Waals surface area contributed by atoms with Gasteiger partial charge in [0.15, 0.2) is 11.5 Å². The van der Waals surface area contributed by atoms with E-state index in [0.717, 1.165) is 25.3 Å². The topological polar surface area (TPSA) is 68.5 Å². The molecule has 1 aromatic rings. The Labute approximate surface area is 113 Å². The number of methoxy groups -OCH3 is 1. The van der Waals surface area contributed by atoms with Crippen molar-refractivity contribution < 1.29 is 9.53 Å². The number of carbonyl (C=O) groups excluding carboxylic acids is 1. The minimum absolute atomic E-state index is 0.303. The second-order valence-corrected chi connectivity index (χ2v) is 5.27. The van der Waals surface area contributed by atoms with Crippen LogP contribution in [0.15, 0.2) is 12.1 Å². The molecule has 2 atom stereocenters. The van der Waals surface area contributed by atoms with Gasteiger partial charge in [-0.15, -0.1) is 0 Å². The average molecular weight is 263 g/mol. The first-order chi connectivity index (χ1) is 9.02. The van der Waals surface area contributed by atoms with Crippen molar-refractivity contribution in [1.82, 2.24) is 4.98 Å². The van der Waals surface area contributed by atoms with Gasteiger partial charge in [0.25, 0.3) is 0 Å². The molecule has 1 aliphatic heterocycles. The van der Waals surface area contributed by atoms with Crippen LogP contribution in [0.25, 0.3) is 0 Å². The molecule has 2 N–H and O–H groups in total. The van der Waals surface area contributed by atoms with Crippen LogP contribution in [0.4, 0.5) is 11.5 Å². The molecule has 0 bridgehead atoms. The molecule has 1 fully saturated rings. The predicted molar refractivity (Wildman–Crippen MR) is 75.2 cm³/mol. The number of carbonyl (C=O) groups is 1. The maximum atomic E-state index is 11.5. The second kappa shape index (κ2) is 5.47. The molecule has 2 rings (SSSR count). The van der Waals surface area contributed by atoms with Gasteiger partial charge in [-0.2, -0.15) is 0 Å². The fourth-order valence-corrected chi connectivity index (χ4v) is 2.63. The monoisotopic (exact) mass is 263 g/mol. The Morgan fingerprint density at radius 3 is 2.84 bits per heavy atom. The lowest BCUT2D eigenvalue weighted by Gasteiger charge is -2.38. The molecule has 0 aliphatic carbocycles. The highest BCUT2D eigenvalue weighted by molar-refractivity contribution is 5.88. The number of ether oxygens (including phenoxy) is 1. The van der Waals surface area contributed by atoms with Gasteiger partial charge in [-0.1, -0.05) is 6.92 Å². The highest BCUT2D eigenvalue weighted by atomic mass is 16.5. The Hall–Kier alpha value is -1.78. The third-order valence-electron chi connectivity index (χ3n) is 3.71. The Kier molecular flexibility index (Phi) is 3.93. The van der Waals surface area contributed by atoms with E-state index < -0.39 is 5.97 Å². The summed E-state index contributed by atoms with van der Waals surface area (Å²) in [5.74, 6) is 0.984. The SMILES string of the molecule is COC(=O)c1ccc(N)c(N2CCC(C)CC2C)n1. The van der Waals surface area contributed by atoms with Gasteiger partial charge in [0.1, 0.15) is 0 Å². The molecule has 5 heteroatoms. The van der Waals surface area contributed by atoms with Gasteiger partial charge in [0.05, 0.1) is 12.8 Å². The van der Waals surface area contributed by atoms with E-state index >= 15 is 0 Å². The lowest BCUT2D eigenvalue weighted by molar-refractivity contribution is 0.0594. The minimum Gasteiger partial charge on any atom is -0.464 e. The first kappa shape index (κ1) is 13.6. The highest BCUT2D eigenvalue weighted by Gasteiger charge is 2.26. The van der Waals surface area contributed by atoms with Crippen LogP contribution in [0.2, 0.25) is 0 Å². The molecule has 0 aromatic carbocycles. The van der Waals surface area contributed by atoms with Crippen molar-refractivity contribution in [2.75, 3.05) is 24.3 Å². The number of nitrogen functional groups attached to an aromatic ring is 1. The summed E-state index contributed by atoms with van der Waals surface area (Å²) in [6.45, 7) is 5.35. The van der Waals surface area contributed by atoms with Gasteiger partial charge in [0.2, 0.25) is 0 Å². The van der Waals surface area contributed by atoms with E-state index in [9.17, 15) is 4.79 Å². The molecule has 2 unspecified atom stereocenters.